The first-order valence-electron chi connectivity index (χ1n) is 7.05. The van der Waals surface area contributed by atoms with Crippen LogP contribution in [0.4, 0.5) is 0 Å². The number of hydrogen-bond donors (Lipinski definition) is 3. The second-order valence-corrected chi connectivity index (χ2v) is 6.33. The smallest absolute Gasteiger partial charge is 0.323 e. The van der Waals surface area contributed by atoms with Crippen LogP contribution in [0.3, 0.4) is 0 Å². The first-order chi connectivity index (χ1) is 9.64. The van der Waals surface area contributed by atoms with Crippen LogP contribution in [-0.2, 0) is 19.1 Å². The van der Waals surface area contributed by atoms with Crippen molar-refractivity contribution >= 4 is 11.9 Å². The number of ether oxygens (including phenoxy) is 2. The quantitative estimate of drug-likeness (QED) is 0.593. The summed E-state index contributed by atoms with van der Waals surface area (Å²) in [6, 6.07) is -1.11. The maximum absolute atomic E-state index is 12.1. The van der Waals surface area contributed by atoms with Crippen molar-refractivity contribution in [3.05, 3.63) is 0 Å². The van der Waals surface area contributed by atoms with E-state index in [1.54, 1.807) is 20.8 Å². The lowest BCUT2D eigenvalue weighted by Crippen LogP contribution is -2.46. The lowest BCUT2D eigenvalue weighted by molar-refractivity contribution is -0.157. The normalized spacial score (nSPS) is 27.2. The number of aliphatic hydroxyl groups is 2. The van der Waals surface area contributed by atoms with Crippen molar-refractivity contribution in [3.8, 4) is 0 Å². The van der Waals surface area contributed by atoms with Crippen LogP contribution >= 0.6 is 0 Å². The number of carbonyl (C=O) groups excluding carboxylic acids is 2. The van der Waals surface area contributed by atoms with Crippen molar-refractivity contribution in [1.29, 1.82) is 0 Å². The minimum Gasteiger partial charge on any atom is -0.466 e. The summed E-state index contributed by atoms with van der Waals surface area (Å²) in [5, 5.41) is 21.9. The number of nitrogens with one attached hydrogen (secondary N) is 1. The Hall–Kier alpha value is -1.18. The minimum absolute atomic E-state index is 0.0867. The van der Waals surface area contributed by atoms with Gasteiger partial charge in [0.2, 0.25) is 0 Å². The van der Waals surface area contributed by atoms with Gasteiger partial charge in [0.15, 0.2) is 0 Å². The van der Waals surface area contributed by atoms with Crippen molar-refractivity contribution in [2.45, 2.75) is 57.9 Å². The predicted molar refractivity (Wildman–Crippen MR) is 74.4 cm³/mol. The Morgan fingerprint density at radius 1 is 1.38 bits per heavy atom. The van der Waals surface area contributed by atoms with E-state index in [0.29, 0.717) is 6.42 Å². The highest BCUT2D eigenvalue weighted by atomic mass is 16.6. The molecule has 7 nitrogen and oxygen atoms in total. The van der Waals surface area contributed by atoms with E-state index in [9.17, 15) is 14.7 Å². The first-order valence-corrected chi connectivity index (χ1v) is 7.05. The molecule has 0 aromatic heterocycles. The molecule has 1 aliphatic rings. The molecule has 0 radical (unpaired) electrons. The maximum Gasteiger partial charge on any atom is 0.323 e. The molecule has 7 heteroatoms. The minimum atomic E-state index is -1.03. The van der Waals surface area contributed by atoms with Gasteiger partial charge in [0.1, 0.15) is 11.6 Å². The van der Waals surface area contributed by atoms with E-state index in [2.05, 4.69) is 5.32 Å². The molecule has 0 saturated carbocycles. The molecule has 1 aliphatic heterocycles. The van der Waals surface area contributed by atoms with E-state index in [0.717, 1.165) is 0 Å². The van der Waals surface area contributed by atoms with E-state index in [-0.39, 0.29) is 12.5 Å². The molecular formula is C14H25NO6. The van der Waals surface area contributed by atoms with Crippen LogP contribution in [0.2, 0.25) is 0 Å². The highest BCUT2D eigenvalue weighted by molar-refractivity contribution is 5.76. The largest absolute Gasteiger partial charge is 0.466 e. The molecule has 1 heterocycles. The summed E-state index contributed by atoms with van der Waals surface area (Å²) < 4.78 is 10.3. The van der Waals surface area contributed by atoms with Gasteiger partial charge >= 0.3 is 11.9 Å². The van der Waals surface area contributed by atoms with Gasteiger partial charge in [-0.1, -0.05) is 0 Å². The van der Waals surface area contributed by atoms with Gasteiger partial charge < -0.3 is 19.7 Å². The number of aliphatic hydroxyl groups excluding tert-OH is 2. The van der Waals surface area contributed by atoms with Crippen LogP contribution in [0, 0.1) is 5.92 Å². The lowest BCUT2D eigenvalue weighted by Gasteiger charge is -2.24. The molecule has 0 aliphatic carbocycles. The summed E-state index contributed by atoms with van der Waals surface area (Å²) in [6.07, 6.45) is -0.651. The van der Waals surface area contributed by atoms with Crippen LogP contribution in [0.15, 0.2) is 0 Å². The molecule has 0 amide bonds. The van der Waals surface area contributed by atoms with Gasteiger partial charge in [0, 0.05) is 18.9 Å². The fourth-order valence-corrected chi connectivity index (χ4v) is 2.36. The fraction of sp³-hybridized carbons (Fsp3) is 0.857. The Morgan fingerprint density at radius 3 is 2.48 bits per heavy atom. The average molecular weight is 303 g/mol. The Morgan fingerprint density at radius 2 is 2.00 bits per heavy atom. The number of rotatable bonds is 5. The van der Waals surface area contributed by atoms with E-state index in [1.807, 2.05) is 0 Å². The van der Waals surface area contributed by atoms with Gasteiger partial charge in [0.05, 0.1) is 19.3 Å². The van der Waals surface area contributed by atoms with Crippen LogP contribution in [0.25, 0.3) is 0 Å². The van der Waals surface area contributed by atoms with Crippen LogP contribution in [0.1, 0.15) is 34.1 Å². The second-order valence-electron chi connectivity index (χ2n) is 6.33. The second kappa shape index (κ2) is 7.20. The Kier molecular flexibility index (Phi) is 6.12. The molecule has 1 saturated heterocycles. The van der Waals surface area contributed by atoms with Gasteiger partial charge in [-0.05, 0) is 27.2 Å². The molecule has 1 unspecified atom stereocenters. The molecule has 21 heavy (non-hydrogen) atoms. The van der Waals surface area contributed by atoms with Crippen LogP contribution in [-0.4, -0.2) is 59.2 Å². The van der Waals surface area contributed by atoms with Crippen molar-refractivity contribution in [1.82, 2.24) is 5.32 Å². The summed E-state index contributed by atoms with van der Waals surface area (Å²) in [5.74, 6) is -1.09. The van der Waals surface area contributed by atoms with Crippen molar-refractivity contribution in [2.75, 3.05) is 13.2 Å². The predicted octanol–water partition coefficient (Wildman–Crippen LogP) is -0.409. The van der Waals surface area contributed by atoms with Crippen molar-refractivity contribution in [2.24, 2.45) is 5.92 Å². The monoisotopic (exact) mass is 303 g/mol. The number of hydrogen-bond acceptors (Lipinski definition) is 7. The molecule has 0 spiro atoms. The summed E-state index contributed by atoms with van der Waals surface area (Å²) in [4.78, 5) is 23.0. The van der Waals surface area contributed by atoms with E-state index in [1.165, 1.54) is 6.92 Å². The van der Waals surface area contributed by atoms with Gasteiger partial charge in [-0.2, -0.15) is 0 Å². The summed E-state index contributed by atoms with van der Waals surface area (Å²) in [7, 11) is 0. The van der Waals surface area contributed by atoms with Gasteiger partial charge in [-0.25, -0.2) is 0 Å². The van der Waals surface area contributed by atoms with E-state index >= 15 is 0 Å². The molecule has 122 valence electrons. The topological polar surface area (TPSA) is 105 Å². The van der Waals surface area contributed by atoms with E-state index in [4.69, 9.17) is 14.6 Å². The molecule has 4 atom stereocenters. The number of carbonyl (C=O) groups is 2. The Labute approximate surface area is 124 Å². The highest BCUT2D eigenvalue weighted by Crippen LogP contribution is 2.25. The molecule has 3 N–H and O–H groups in total. The van der Waals surface area contributed by atoms with Gasteiger partial charge in [-0.15, -0.1) is 0 Å². The van der Waals surface area contributed by atoms with Crippen LogP contribution in [0.5, 0.6) is 0 Å². The van der Waals surface area contributed by atoms with Gasteiger partial charge in [0.25, 0.3) is 0 Å². The molecule has 0 aromatic rings. The molecule has 0 bridgehead atoms. The third-order valence-corrected chi connectivity index (χ3v) is 3.23. The van der Waals surface area contributed by atoms with Crippen LogP contribution < -0.4 is 5.32 Å². The fourth-order valence-electron chi connectivity index (χ4n) is 2.36. The zero-order chi connectivity index (χ0) is 16.2. The number of esters is 2. The van der Waals surface area contributed by atoms with Gasteiger partial charge in [-0.3, -0.25) is 14.9 Å². The molecule has 1 fully saturated rings. The lowest BCUT2D eigenvalue weighted by atomic mass is 9.96. The molecule has 0 aromatic carbocycles. The highest BCUT2D eigenvalue weighted by Gasteiger charge is 2.42. The van der Waals surface area contributed by atoms with Crippen molar-refractivity contribution < 1.29 is 29.3 Å². The summed E-state index contributed by atoms with van der Waals surface area (Å²) >= 11 is 0. The zero-order valence-electron chi connectivity index (χ0n) is 13.0. The standard InChI is InChI=1S/C14H25NO6/c1-8(17)20-7-9-5-10(13(19)21-14(2,3)4)15-12(9)11(18)6-16/h9-12,15-16,18H,5-7H2,1-4H3/t9-,10+,11?,12+/m0/s1. The average Bonchev–Trinajstić information content (AvgIpc) is 2.77. The first kappa shape index (κ1) is 17.9. The van der Waals surface area contributed by atoms with E-state index < -0.39 is 42.3 Å². The molecular weight excluding hydrogens is 278 g/mol. The Bertz CT molecular complexity index is 378. The summed E-state index contributed by atoms with van der Waals surface area (Å²) in [5.41, 5.74) is -0.599. The third-order valence-electron chi connectivity index (χ3n) is 3.23. The Balaban J connectivity index is 2.70. The summed E-state index contributed by atoms with van der Waals surface area (Å²) in [6.45, 7) is 6.27. The third kappa shape index (κ3) is 5.61. The zero-order valence-corrected chi connectivity index (χ0v) is 13.0. The SMILES string of the molecule is CC(=O)OC[C@@H]1C[C@H](C(=O)OC(C)(C)C)N[C@H]1C(O)CO. The molecule has 1 rings (SSSR count). The maximum atomic E-state index is 12.1. The van der Waals surface area contributed by atoms with Crippen molar-refractivity contribution in [3.63, 3.8) is 0 Å².